The molecule has 0 aliphatic carbocycles. The number of nitrogens with one attached hydrogen (secondary N) is 1. The predicted octanol–water partition coefficient (Wildman–Crippen LogP) is 3.02. The molecule has 0 unspecified atom stereocenters. The Kier molecular flexibility index (Phi) is 1.34. The Labute approximate surface area is 81.3 Å². The number of hydrogen-bond donors (Lipinski definition) is 1. The van der Waals surface area contributed by atoms with Crippen LogP contribution in [0.4, 0.5) is 5.69 Å². The van der Waals surface area contributed by atoms with E-state index < -0.39 is 0 Å². The summed E-state index contributed by atoms with van der Waals surface area (Å²) in [6.45, 7) is 0. The average Bonchev–Trinajstić information content (AvgIpc) is 2.59. The van der Waals surface area contributed by atoms with Gasteiger partial charge in [-0.2, -0.15) is 0 Å². The van der Waals surface area contributed by atoms with E-state index >= 15 is 0 Å². The first kappa shape index (κ1) is 7.44. The average molecular weight is 180 g/mol. The predicted molar refractivity (Wildman–Crippen MR) is 57.6 cm³/mol. The molecule has 2 radical (unpaired) electrons. The fraction of sp³-hybridized carbons (Fsp3) is 0. The third-order valence-electron chi connectivity index (χ3n) is 2.52. The summed E-state index contributed by atoms with van der Waals surface area (Å²) < 4.78 is 0. The normalized spacial score (nSPS) is 11.1. The van der Waals surface area contributed by atoms with Crippen molar-refractivity contribution in [2.24, 2.45) is 0 Å². The maximum atomic E-state index is 9.64. The first-order valence-electron chi connectivity index (χ1n) is 4.54. The number of fused-ring (bicyclic) bond motifs is 3. The van der Waals surface area contributed by atoms with E-state index in [0.717, 1.165) is 21.8 Å². The van der Waals surface area contributed by atoms with Gasteiger partial charge in [-0.3, -0.25) is 0 Å². The molecule has 0 saturated heterocycles. The minimum atomic E-state index is 0.304. The molecule has 0 atom stereocenters. The highest BCUT2D eigenvalue weighted by Crippen LogP contribution is 2.28. The van der Waals surface area contributed by atoms with Crippen LogP contribution in [0.1, 0.15) is 0 Å². The Morgan fingerprint density at radius 1 is 0.857 bits per heavy atom. The van der Waals surface area contributed by atoms with E-state index in [0.29, 0.717) is 5.69 Å². The minimum Gasteiger partial charge on any atom is -0.353 e. The standard InChI is InChI=1S/C12H8N2/c13-10-6-3-5-9-8-4-1-2-7-11(8)14-12(9)10/h1-7,14H. The zero-order chi connectivity index (χ0) is 9.54. The van der Waals surface area contributed by atoms with Crippen molar-refractivity contribution in [1.82, 2.24) is 10.7 Å². The fourth-order valence-electron chi connectivity index (χ4n) is 1.86. The lowest BCUT2D eigenvalue weighted by molar-refractivity contribution is 1.47. The Morgan fingerprint density at radius 3 is 2.57 bits per heavy atom. The summed E-state index contributed by atoms with van der Waals surface area (Å²) in [7, 11) is 0. The van der Waals surface area contributed by atoms with E-state index in [4.69, 9.17) is 0 Å². The van der Waals surface area contributed by atoms with E-state index in [2.05, 4.69) is 4.98 Å². The van der Waals surface area contributed by atoms with Crippen LogP contribution < -0.4 is 5.73 Å². The van der Waals surface area contributed by atoms with Crippen LogP contribution in [0, 0.1) is 0 Å². The van der Waals surface area contributed by atoms with Gasteiger partial charge in [-0.25, -0.2) is 0 Å². The molecule has 1 N–H and O–H groups in total. The van der Waals surface area contributed by atoms with Gasteiger partial charge in [0.05, 0.1) is 5.52 Å². The van der Waals surface area contributed by atoms with Gasteiger partial charge in [0.1, 0.15) is 5.69 Å². The smallest absolute Gasteiger partial charge is 0.110 e. The van der Waals surface area contributed by atoms with E-state index in [1.165, 1.54) is 0 Å². The second-order valence-corrected chi connectivity index (χ2v) is 3.37. The first-order valence-corrected chi connectivity index (χ1v) is 4.54. The third kappa shape index (κ3) is 0.852. The van der Waals surface area contributed by atoms with Gasteiger partial charge >= 0.3 is 0 Å². The van der Waals surface area contributed by atoms with Crippen LogP contribution >= 0.6 is 0 Å². The van der Waals surface area contributed by atoms with Gasteiger partial charge in [-0.1, -0.05) is 30.3 Å². The Hall–Kier alpha value is -1.96. The van der Waals surface area contributed by atoms with Gasteiger partial charge in [0.25, 0.3) is 0 Å². The van der Waals surface area contributed by atoms with E-state index in [1.807, 2.05) is 36.4 Å². The van der Waals surface area contributed by atoms with Gasteiger partial charge in [0, 0.05) is 16.3 Å². The van der Waals surface area contributed by atoms with Crippen LogP contribution in [0.3, 0.4) is 0 Å². The molecular formula is C12H8N2. The molecule has 2 nitrogen and oxygen atoms in total. The summed E-state index contributed by atoms with van der Waals surface area (Å²) in [4.78, 5) is 3.20. The summed E-state index contributed by atoms with van der Waals surface area (Å²) in [5, 5.41) is 2.22. The van der Waals surface area contributed by atoms with Crippen molar-refractivity contribution >= 4 is 27.5 Å². The third-order valence-corrected chi connectivity index (χ3v) is 2.52. The van der Waals surface area contributed by atoms with Gasteiger partial charge in [0.15, 0.2) is 0 Å². The van der Waals surface area contributed by atoms with Gasteiger partial charge in [-0.15, -0.1) is 5.73 Å². The van der Waals surface area contributed by atoms with Crippen LogP contribution in [0.5, 0.6) is 0 Å². The van der Waals surface area contributed by atoms with E-state index in [-0.39, 0.29) is 0 Å². The van der Waals surface area contributed by atoms with Crippen LogP contribution in [0.15, 0.2) is 42.5 Å². The molecule has 1 heterocycles. The van der Waals surface area contributed by atoms with Crippen molar-refractivity contribution in [3.63, 3.8) is 0 Å². The molecule has 0 amide bonds. The molecule has 3 rings (SSSR count). The Bertz CT molecular complexity index is 608. The molecule has 3 aromatic rings. The molecule has 0 bridgehead atoms. The minimum absolute atomic E-state index is 0.304. The van der Waals surface area contributed by atoms with Gasteiger partial charge in [0.2, 0.25) is 0 Å². The van der Waals surface area contributed by atoms with Crippen molar-refractivity contribution in [2.75, 3.05) is 0 Å². The highest BCUT2D eigenvalue weighted by Gasteiger charge is 2.05. The molecule has 0 spiro atoms. The highest BCUT2D eigenvalue weighted by atomic mass is 14.7. The largest absolute Gasteiger partial charge is 0.353 e. The van der Waals surface area contributed by atoms with Crippen molar-refractivity contribution in [3.05, 3.63) is 42.5 Å². The number of hydrogen-bond acceptors (Lipinski definition) is 0. The fourth-order valence-corrected chi connectivity index (χ4v) is 1.86. The molecule has 66 valence electrons. The lowest BCUT2D eigenvalue weighted by Crippen LogP contribution is -1.71. The van der Waals surface area contributed by atoms with Crippen LogP contribution in [-0.4, -0.2) is 4.98 Å². The maximum Gasteiger partial charge on any atom is 0.110 e. The summed E-state index contributed by atoms with van der Waals surface area (Å²) in [5.41, 5.74) is 11.8. The Balaban J connectivity index is 2.63. The number of nitrogens with zero attached hydrogens (tertiary/aromatic N) is 1. The Morgan fingerprint density at radius 2 is 1.64 bits per heavy atom. The van der Waals surface area contributed by atoms with Crippen molar-refractivity contribution < 1.29 is 0 Å². The summed E-state index contributed by atoms with van der Waals surface area (Å²) in [6.07, 6.45) is 0. The van der Waals surface area contributed by atoms with Crippen molar-refractivity contribution in [3.8, 4) is 0 Å². The maximum absolute atomic E-state index is 9.64. The topological polar surface area (TPSA) is 38.1 Å². The number of H-pyrrole nitrogens is 1. The molecule has 1 aromatic heterocycles. The quantitative estimate of drug-likeness (QED) is 0.552. The monoisotopic (exact) mass is 180 g/mol. The van der Waals surface area contributed by atoms with Crippen LogP contribution in [0.2, 0.25) is 0 Å². The lowest BCUT2D eigenvalue weighted by atomic mass is 10.1. The number of rotatable bonds is 0. The molecule has 0 aliphatic rings. The van der Waals surface area contributed by atoms with E-state index in [9.17, 15) is 5.73 Å². The van der Waals surface area contributed by atoms with Gasteiger partial charge in [-0.05, 0) is 12.1 Å². The zero-order valence-corrected chi connectivity index (χ0v) is 7.49. The molecule has 2 heteroatoms. The number of benzene rings is 2. The zero-order valence-electron chi connectivity index (χ0n) is 7.49. The highest BCUT2D eigenvalue weighted by molar-refractivity contribution is 6.10. The van der Waals surface area contributed by atoms with E-state index in [1.54, 1.807) is 6.07 Å². The molecular weight excluding hydrogens is 172 g/mol. The van der Waals surface area contributed by atoms with Gasteiger partial charge < -0.3 is 4.98 Å². The molecule has 0 aliphatic heterocycles. The second kappa shape index (κ2) is 2.51. The summed E-state index contributed by atoms with van der Waals surface area (Å²) in [5.74, 6) is 0. The van der Waals surface area contributed by atoms with Crippen LogP contribution in [-0.2, 0) is 0 Å². The van der Waals surface area contributed by atoms with Crippen LogP contribution in [0.25, 0.3) is 21.8 Å². The molecule has 14 heavy (non-hydrogen) atoms. The summed E-state index contributed by atoms with van der Waals surface area (Å²) in [6, 6.07) is 13.6. The lowest BCUT2D eigenvalue weighted by Gasteiger charge is -1.91. The number of aromatic amines is 1. The molecule has 0 saturated carbocycles. The van der Waals surface area contributed by atoms with Crippen molar-refractivity contribution in [1.29, 1.82) is 0 Å². The summed E-state index contributed by atoms with van der Waals surface area (Å²) >= 11 is 0. The molecule has 0 fully saturated rings. The SMILES string of the molecule is [N]c1cccc2c1[nH]c1ccccc12. The number of aromatic nitrogens is 1. The second-order valence-electron chi connectivity index (χ2n) is 3.37. The number of para-hydroxylation sites is 2. The van der Waals surface area contributed by atoms with Crippen molar-refractivity contribution in [2.45, 2.75) is 0 Å². The molecule has 2 aromatic carbocycles. The first-order chi connectivity index (χ1) is 6.86.